The lowest BCUT2D eigenvalue weighted by atomic mass is 10.1. The number of hydrogen-bond acceptors (Lipinski definition) is 4. The number of aryl methyl sites for hydroxylation is 3. The van der Waals surface area contributed by atoms with Gasteiger partial charge >= 0.3 is 5.56 Å². The number of carbonyl (C=O) groups excluding carboxylic acids is 1. The molecule has 0 aliphatic carbocycles. The van der Waals surface area contributed by atoms with Crippen molar-refractivity contribution in [2.75, 3.05) is 6.54 Å². The van der Waals surface area contributed by atoms with Crippen molar-refractivity contribution in [2.45, 2.75) is 39.5 Å². The Bertz CT molecular complexity index is 1320. The minimum Gasteiger partial charge on any atom is -0.356 e. The molecule has 170 valence electrons. The van der Waals surface area contributed by atoms with E-state index in [-0.39, 0.29) is 17.1 Å². The van der Waals surface area contributed by atoms with Crippen LogP contribution in [0.3, 0.4) is 0 Å². The minimum absolute atomic E-state index is 0.00467. The summed E-state index contributed by atoms with van der Waals surface area (Å²) in [6, 6.07) is 13.6. The highest BCUT2D eigenvalue weighted by Crippen LogP contribution is 2.13. The van der Waals surface area contributed by atoms with Crippen LogP contribution in [0.15, 0.2) is 59.7 Å². The summed E-state index contributed by atoms with van der Waals surface area (Å²) < 4.78 is 3.29. The normalized spacial score (nSPS) is 11.1. The van der Waals surface area contributed by atoms with E-state index in [1.165, 1.54) is 0 Å². The Hall–Kier alpha value is -3.45. The summed E-state index contributed by atoms with van der Waals surface area (Å²) in [5.74, 6) is 0.665. The van der Waals surface area contributed by atoms with Gasteiger partial charge in [0.25, 0.3) is 0 Å². The molecule has 4 rings (SSSR count). The number of fused-ring (bicyclic) bond motifs is 1. The van der Waals surface area contributed by atoms with E-state index in [1.54, 1.807) is 21.4 Å². The quantitative estimate of drug-likeness (QED) is 0.430. The number of aromatic nitrogens is 4. The number of halogens is 1. The average Bonchev–Trinajstić information content (AvgIpc) is 3.19. The fourth-order valence-electron chi connectivity index (χ4n) is 3.89. The molecule has 0 atom stereocenters. The molecule has 2 aromatic heterocycles. The van der Waals surface area contributed by atoms with Crippen molar-refractivity contribution in [3.8, 4) is 5.69 Å². The standard InChI is InChI=1S/C25H26ClN5O2/c1-17-14-18(2)16-21(15-17)30-12-13-31-22(28-29-24(31)25(30)33)4-3-5-23(32)27-11-10-19-6-8-20(26)9-7-19/h6-9,12-16H,3-5,10-11H2,1-2H3,(H,27,32). The number of rotatable bonds is 8. The first kappa shape index (κ1) is 22.7. The molecule has 0 bridgehead atoms. The first-order chi connectivity index (χ1) is 15.9. The van der Waals surface area contributed by atoms with Gasteiger partial charge in [0, 0.05) is 42.5 Å². The van der Waals surface area contributed by atoms with E-state index in [4.69, 9.17) is 11.6 Å². The monoisotopic (exact) mass is 463 g/mol. The lowest BCUT2D eigenvalue weighted by Crippen LogP contribution is -2.25. The Kier molecular flexibility index (Phi) is 6.89. The van der Waals surface area contributed by atoms with Gasteiger partial charge in [-0.05, 0) is 67.6 Å². The maximum atomic E-state index is 13.0. The minimum atomic E-state index is -0.221. The van der Waals surface area contributed by atoms with Gasteiger partial charge in [-0.3, -0.25) is 18.6 Å². The number of nitrogens with zero attached hydrogens (tertiary/aromatic N) is 4. The molecule has 0 saturated heterocycles. The maximum Gasteiger partial charge on any atom is 0.300 e. The van der Waals surface area contributed by atoms with Crippen LogP contribution in [0, 0.1) is 13.8 Å². The third-order valence-corrected chi connectivity index (χ3v) is 5.73. The molecule has 2 heterocycles. The predicted molar refractivity (Wildman–Crippen MR) is 129 cm³/mol. The first-order valence-corrected chi connectivity index (χ1v) is 11.3. The van der Waals surface area contributed by atoms with Gasteiger partial charge < -0.3 is 5.32 Å². The van der Waals surface area contributed by atoms with Crippen molar-refractivity contribution in [2.24, 2.45) is 0 Å². The molecule has 0 aliphatic rings. The van der Waals surface area contributed by atoms with E-state index in [9.17, 15) is 9.59 Å². The second-order valence-corrected chi connectivity index (χ2v) is 8.65. The highest BCUT2D eigenvalue weighted by molar-refractivity contribution is 6.30. The Morgan fingerprint density at radius 2 is 1.73 bits per heavy atom. The van der Waals surface area contributed by atoms with Crippen molar-refractivity contribution < 1.29 is 4.79 Å². The third kappa shape index (κ3) is 5.49. The van der Waals surface area contributed by atoms with Crippen LogP contribution in [0.2, 0.25) is 5.02 Å². The van der Waals surface area contributed by atoms with Gasteiger partial charge in [0.1, 0.15) is 5.82 Å². The summed E-state index contributed by atoms with van der Waals surface area (Å²) in [4.78, 5) is 25.1. The fraction of sp³-hybridized carbons (Fsp3) is 0.280. The molecule has 4 aromatic rings. The van der Waals surface area contributed by atoms with Crippen LogP contribution in [-0.2, 0) is 17.6 Å². The van der Waals surface area contributed by atoms with Crippen LogP contribution >= 0.6 is 11.6 Å². The van der Waals surface area contributed by atoms with E-state index in [1.807, 2.05) is 50.2 Å². The smallest absolute Gasteiger partial charge is 0.300 e. The van der Waals surface area contributed by atoms with Gasteiger partial charge in [0.2, 0.25) is 11.6 Å². The van der Waals surface area contributed by atoms with Crippen molar-refractivity contribution in [3.63, 3.8) is 0 Å². The number of benzene rings is 2. The molecular formula is C25H26ClN5O2. The molecule has 0 saturated carbocycles. The molecule has 33 heavy (non-hydrogen) atoms. The lowest BCUT2D eigenvalue weighted by molar-refractivity contribution is -0.121. The zero-order valence-corrected chi connectivity index (χ0v) is 19.5. The van der Waals surface area contributed by atoms with Crippen LogP contribution in [0.5, 0.6) is 0 Å². The largest absolute Gasteiger partial charge is 0.356 e. The SMILES string of the molecule is Cc1cc(C)cc(-n2ccn3c(CCCC(=O)NCCc4ccc(Cl)cc4)nnc3c2=O)c1. The van der Waals surface area contributed by atoms with Gasteiger partial charge in [-0.25, -0.2) is 0 Å². The summed E-state index contributed by atoms with van der Waals surface area (Å²) in [7, 11) is 0. The summed E-state index contributed by atoms with van der Waals surface area (Å²) in [5.41, 5.74) is 4.16. The zero-order chi connectivity index (χ0) is 23.4. The fourth-order valence-corrected chi connectivity index (χ4v) is 4.02. The van der Waals surface area contributed by atoms with E-state index in [0.717, 1.165) is 28.8 Å². The van der Waals surface area contributed by atoms with Gasteiger partial charge in [0.15, 0.2) is 0 Å². The zero-order valence-electron chi connectivity index (χ0n) is 18.7. The molecule has 1 amide bonds. The summed E-state index contributed by atoms with van der Waals surface area (Å²) in [6.45, 7) is 4.58. The van der Waals surface area contributed by atoms with Crippen molar-refractivity contribution in [3.05, 3.63) is 92.7 Å². The van der Waals surface area contributed by atoms with Gasteiger partial charge in [-0.1, -0.05) is 29.8 Å². The van der Waals surface area contributed by atoms with Crippen molar-refractivity contribution >= 4 is 23.2 Å². The highest BCUT2D eigenvalue weighted by Gasteiger charge is 2.12. The Morgan fingerprint density at radius 3 is 2.45 bits per heavy atom. The lowest BCUT2D eigenvalue weighted by Gasteiger charge is -2.09. The molecule has 1 N–H and O–H groups in total. The Balaban J connectivity index is 1.34. The average molecular weight is 464 g/mol. The number of amides is 1. The van der Waals surface area contributed by atoms with E-state index in [0.29, 0.717) is 36.7 Å². The molecule has 8 heteroatoms. The molecule has 0 unspecified atom stereocenters. The van der Waals surface area contributed by atoms with Crippen molar-refractivity contribution in [1.29, 1.82) is 0 Å². The van der Waals surface area contributed by atoms with Gasteiger partial charge in [-0.2, -0.15) is 0 Å². The first-order valence-electron chi connectivity index (χ1n) is 11.0. The van der Waals surface area contributed by atoms with E-state index < -0.39 is 0 Å². The molecule has 0 fully saturated rings. The number of hydrogen-bond donors (Lipinski definition) is 1. The molecule has 7 nitrogen and oxygen atoms in total. The second kappa shape index (κ2) is 10.0. The van der Waals surface area contributed by atoms with Gasteiger partial charge in [-0.15, -0.1) is 10.2 Å². The third-order valence-electron chi connectivity index (χ3n) is 5.48. The van der Waals surface area contributed by atoms with Crippen LogP contribution in [0.1, 0.15) is 35.4 Å². The topological polar surface area (TPSA) is 81.3 Å². The van der Waals surface area contributed by atoms with Crippen LogP contribution < -0.4 is 10.9 Å². The van der Waals surface area contributed by atoms with Crippen LogP contribution in [0.25, 0.3) is 11.3 Å². The second-order valence-electron chi connectivity index (χ2n) is 8.21. The highest BCUT2D eigenvalue weighted by atomic mass is 35.5. The predicted octanol–water partition coefficient (Wildman–Crippen LogP) is 3.83. The molecule has 0 radical (unpaired) electrons. The summed E-state index contributed by atoms with van der Waals surface area (Å²) >= 11 is 5.89. The molecule has 0 spiro atoms. The van der Waals surface area contributed by atoms with E-state index >= 15 is 0 Å². The van der Waals surface area contributed by atoms with Crippen LogP contribution in [-0.4, -0.2) is 31.6 Å². The number of nitrogens with one attached hydrogen (secondary N) is 1. The van der Waals surface area contributed by atoms with Crippen LogP contribution in [0.4, 0.5) is 0 Å². The Morgan fingerprint density at radius 1 is 1.00 bits per heavy atom. The van der Waals surface area contributed by atoms with E-state index in [2.05, 4.69) is 21.6 Å². The van der Waals surface area contributed by atoms with Gasteiger partial charge in [0.05, 0.1) is 0 Å². The maximum absolute atomic E-state index is 13.0. The molecule has 2 aromatic carbocycles. The van der Waals surface area contributed by atoms with Crippen molar-refractivity contribution in [1.82, 2.24) is 24.5 Å². The Labute approximate surface area is 197 Å². The summed E-state index contributed by atoms with van der Waals surface area (Å²) in [6.07, 6.45) is 5.85. The number of carbonyl (C=O) groups is 1. The summed E-state index contributed by atoms with van der Waals surface area (Å²) in [5, 5.41) is 11.9. The molecular weight excluding hydrogens is 438 g/mol. The molecule has 0 aliphatic heterocycles.